The Labute approximate surface area is 182 Å². The summed E-state index contributed by atoms with van der Waals surface area (Å²) in [5.41, 5.74) is 4.37. The molecule has 4 heteroatoms. The van der Waals surface area contributed by atoms with Crippen molar-refractivity contribution >= 4 is 5.78 Å². The van der Waals surface area contributed by atoms with E-state index in [4.69, 9.17) is 9.47 Å². The van der Waals surface area contributed by atoms with Crippen LogP contribution < -0.4 is 9.47 Å². The predicted molar refractivity (Wildman–Crippen MR) is 120 cm³/mol. The number of carbonyl (C=O) groups is 1. The lowest BCUT2D eigenvalue weighted by atomic mass is 9.89. The molecule has 3 aromatic carbocycles. The minimum atomic E-state index is 0.0319. The molecule has 0 aliphatic carbocycles. The van der Waals surface area contributed by atoms with Crippen LogP contribution in [0.5, 0.6) is 11.5 Å². The number of fused-ring (bicyclic) bond motifs is 1. The molecule has 2 aliphatic heterocycles. The molecule has 0 aromatic heterocycles. The van der Waals surface area contributed by atoms with E-state index in [9.17, 15) is 4.79 Å². The molecule has 3 aromatic rings. The van der Waals surface area contributed by atoms with Crippen LogP contribution in [-0.4, -0.2) is 23.5 Å². The molecule has 0 spiro atoms. The van der Waals surface area contributed by atoms with Gasteiger partial charge in [0.05, 0.1) is 6.04 Å². The van der Waals surface area contributed by atoms with Gasteiger partial charge in [-0.2, -0.15) is 0 Å². The van der Waals surface area contributed by atoms with Crippen LogP contribution in [-0.2, 0) is 11.2 Å². The molecule has 0 N–H and O–H groups in total. The van der Waals surface area contributed by atoms with Gasteiger partial charge in [0.25, 0.3) is 0 Å². The van der Waals surface area contributed by atoms with Crippen molar-refractivity contribution in [3.05, 3.63) is 107 Å². The highest BCUT2D eigenvalue weighted by Crippen LogP contribution is 2.37. The zero-order valence-corrected chi connectivity index (χ0v) is 17.5. The topological polar surface area (TPSA) is 38.8 Å². The standard InChI is InChI=1S/C27H25NO3/c1-19-17-28(27(21-8-4-2-5-9-21)22-10-6-3-7-11-22)23(16-24(19)29)14-20-12-13-25-26(15-20)31-18-30-25/h2-13,15,17,23,27H,14,16,18H2,1H3. The van der Waals surface area contributed by atoms with Crippen molar-refractivity contribution in [2.24, 2.45) is 0 Å². The molecule has 0 radical (unpaired) electrons. The van der Waals surface area contributed by atoms with Gasteiger partial charge in [0.1, 0.15) is 0 Å². The maximum absolute atomic E-state index is 12.7. The molecule has 1 unspecified atom stereocenters. The van der Waals surface area contributed by atoms with Gasteiger partial charge < -0.3 is 14.4 Å². The number of ether oxygens (including phenoxy) is 2. The van der Waals surface area contributed by atoms with E-state index < -0.39 is 0 Å². The lowest BCUT2D eigenvalue weighted by Gasteiger charge is -2.41. The summed E-state index contributed by atoms with van der Waals surface area (Å²) in [7, 11) is 0. The molecule has 4 nitrogen and oxygen atoms in total. The second-order valence-corrected chi connectivity index (χ2v) is 8.16. The minimum absolute atomic E-state index is 0.0319. The molecule has 0 fully saturated rings. The van der Waals surface area contributed by atoms with E-state index in [0.717, 1.165) is 29.1 Å². The molecule has 5 rings (SSSR count). The van der Waals surface area contributed by atoms with E-state index in [-0.39, 0.29) is 24.7 Å². The van der Waals surface area contributed by atoms with Crippen LogP contribution in [0.25, 0.3) is 0 Å². The van der Waals surface area contributed by atoms with Gasteiger partial charge in [0.15, 0.2) is 17.3 Å². The quantitative estimate of drug-likeness (QED) is 0.572. The highest BCUT2D eigenvalue weighted by atomic mass is 16.7. The number of hydrogen-bond acceptors (Lipinski definition) is 4. The maximum atomic E-state index is 12.7. The lowest BCUT2D eigenvalue weighted by molar-refractivity contribution is -0.117. The van der Waals surface area contributed by atoms with Gasteiger partial charge in [-0.25, -0.2) is 0 Å². The second-order valence-electron chi connectivity index (χ2n) is 8.16. The zero-order chi connectivity index (χ0) is 21.2. The molecule has 1 atom stereocenters. The number of benzene rings is 3. The molecular weight excluding hydrogens is 386 g/mol. The molecule has 2 heterocycles. The highest BCUT2D eigenvalue weighted by Gasteiger charge is 2.32. The van der Waals surface area contributed by atoms with Crippen molar-refractivity contribution in [2.45, 2.75) is 31.8 Å². The number of hydrogen-bond donors (Lipinski definition) is 0. The Morgan fingerprint density at radius 1 is 0.903 bits per heavy atom. The summed E-state index contributed by atoms with van der Waals surface area (Å²) in [4.78, 5) is 15.1. The average Bonchev–Trinajstić information content (AvgIpc) is 3.27. The molecule has 31 heavy (non-hydrogen) atoms. The summed E-state index contributed by atoms with van der Waals surface area (Å²) in [6.07, 6.45) is 3.30. The summed E-state index contributed by atoms with van der Waals surface area (Å²) in [6, 6.07) is 27.2. The number of nitrogens with zero attached hydrogens (tertiary/aromatic N) is 1. The van der Waals surface area contributed by atoms with Crippen molar-refractivity contribution in [1.29, 1.82) is 0 Å². The van der Waals surface area contributed by atoms with Crippen LogP contribution in [0, 0.1) is 0 Å². The first-order chi connectivity index (χ1) is 15.2. The van der Waals surface area contributed by atoms with Crippen molar-refractivity contribution in [3.8, 4) is 11.5 Å². The summed E-state index contributed by atoms with van der Waals surface area (Å²) in [5, 5.41) is 0. The van der Waals surface area contributed by atoms with Gasteiger partial charge in [0.2, 0.25) is 6.79 Å². The van der Waals surface area contributed by atoms with Gasteiger partial charge in [-0.3, -0.25) is 4.79 Å². The lowest BCUT2D eigenvalue weighted by Crippen LogP contribution is -2.41. The van der Waals surface area contributed by atoms with Gasteiger partial charge in [-0.1, -0.05) is 66.7 Å². The van der Waals surface area contributed by atoms with Gasteiger partial charge in [-0.05, 0) is 42.2 Å². The fourth-order valence-electron chi connectivity index (χ4n) is 4.49. The monoisotopic (exact) mass is 411 g/mol. The number of carbonyl (C=O) groups excluding carboxylic acids is 1. The van der Waals surface area contributed by atoms with Crippen LogP contribution in [0.1, 0.15) is 36.1 Å². The molecule has 0 bridgehead atoms. The smallest absolute Gasteiger partial charge is 0.231 e. The van der Waals surface area contributed by atoms with Crippen molar-refractivity contribution in [1.82, 2.24) is 4.90 Å². The first-order valence-electron chi connectivity index (χ1n) is 10.7. The Morgan fingerprint density at radius 3 is 2.23 bits per heavy atom. The average molecular weight is 412 g/mol. The Bertz CT molecular complexity index is 1070. The molecular formula is C27H25NO3. The molecule has 0 saturated heterocycles. The third-order valence-corrected chi connectivity index (χ3v) is 6.06. The van der Waals surface area contributed by atoms with Crippen LogP contribution >= 0.6 is 0 Å². The van der Waals surface area contributed by atoms with E-state index in [0.29, 0.717) is 6.42 Å². The summed E-state index contributed by atoms with van der Waals surface area (Å²) < 4.78 is 11.0. The fraction of sp³-hybridized carbons (Fsp3) is 0.222. The van der Waals surface area contributed by atoms with Gasteiger partial charge >= 0.3 is 0 Å². The summed E-state index contributed by atoms with van der Waals surface area (Å²) >= 11 is 0. The third-order valence-electron chi connectivity index (χ3n) is 6.06. The van der Waals surface area contributed by atoms with E-state index in [1.165, 1.54) is 11.1 Å². The first kappa shape index (κ1) is 19.4. The Hall–Kier alpha value is -3.53. The Morgan fingerprint density at radius 2 is 1.55 bits per heavy atom. The molecule has 2 aliphatic rings. The second kappa shape index (κ2) is 8.31. The number of rotatable bonds is 5. The molecule has 0 amide bonds. The normalized spacial score (nSPS) is 17.7. The van der Waals surface area contributed by atoms with Crippen molar-refractivity contribution < 1.29 is 14.3 Å². The van der Waals surface area contributed by atoms with Gasteiger partial charge in [0, 0.05) is 24.2 Å². The van der Waals surface area contributed by atoms with Crippen LogP contribution in [0.2, 0.25) is 0 Å². The fourth-order valence-corrected chi connectivity index (χ4v) is 4.49. The van der Waals surface area contributed by atoms with Crippen molar-refractivity contribution in [2.75, 3.05) is 6.79 Å². The number of Topliss-reactive ketones (excluding diaryl/α,β-unsaturated/α-hetero) is 1. The molecule has 0 saturated carbocycles. The van der Waals surface area contributed by atoms with E-state index in [1.54, 1.807) is 0 Å². The molecule has 156 valence electrons. The predicted octanol–water partition coefficient (Wildman–Crippen LogP) is 5.29. The van der Waals surface area contributed by atoms with Gasteiger partial charge in [-0.15, -0.1) is 0 Å². The number of allylic oxidation sites excluding steroid dienone is 1. The van der Waals surface area contributed by atoms with E-state index >= 15 is 0 Å². The minimum Gasteiger partial charge on any atom is -0.454 e. The maximum Gasteiger partial charge on any atom is 0.231 e. The number of ketones is 1. The first-order valence-corrected chi connectivity index (χ1v) is 10.7. The zero-order valence-electron chi connectivity index (χ0n) is 17.5. The summed E-state index contributed by atoms with van der Waals surface area (Å²) in [6.45, 7) is 2.18. The van der Waals surface area contributed by atoms with Crippen molar-refractivity contribution in [3.63, 3.8) is 0 Å². The third kappa shape index (κ3) is 3.93. The van der Waals surface area contributed by atoms with Crippen LogP contribution in [0.4, 0.5) is 0 Å². The largest absolute Gasteiger partial charge is 0.454 e. The Kier molecular flexibility index (Phi) is 5.21. The summed E-state index contributed by atoms with van der Waals surface area (Å²) in [5.74, 6) is 1.77. The highest BCUT2D eigenvalue weighted by molar-refractivity contribution is 5.95. The van der Waals surface area contributed by atoms with Crippen LogP contribution in [0.15, 0.2) is 90.6 Å². The van der Waals surface area contributed by atoms with E-state index in [2.05, 4.69) is 59.5 Å². The van der Waals surface area contributed by atoms with Crippen LogP contribution in [0.3, 0.4) is 0 Å². The Balaban J connectivity index is 1.54. The SMILES string of the molecule is CC1=CN(C(c2ccccc2)c2ccccc2)C(Cc2ccc3c(c2)OCO3)CC1=O. The van der Waals surface area contributed by atoms with E-state index in [1.807, 2.05) is 37.4 Å².